The Morgan fingerprint density at radius 3 is 2.40 bits per heavy atom. The lowest BCUT2D eigenvalue weighted by Crippen LogP contribution is -2.26. The number of hydrogen-bond donors (Lipinski definition) is 0. The zero-order chi connectivity index (χ0) is 33.5. The van der Waals surface area contributed by atoms with E-state index in [1.807, 2.05) is 0 Å². The largest absolute Gasteiger partial charge is 0.489 e. The van der Waals surface area contributed by atoms with Crippen molar-refractivity contribution in [2.24, 2.45) is 0 Å². The zero-order valence-corrected chi connectivity index (χ0v) is 28.2. The fourth-order valence-electron chi connectivity index (χ4n) is 5.09. The number of methoxy groups -OCH3 is 1. The molecule has 0 aliphatic heterocycles. The Hall–Kier alpha value is -4.42. The Kier molecular flexibility index (Phi) is 8.99. The molecule has 11 heteroatoms. The van der Waals surface area contributed by atoms with Crippen LogP contribution >= 0.6 is 34.8 Å². The van der Waals surface area contributed by atoms with E-state index in [-0.39, 0.29) is 18.1 Å². The molecule has 5 aromatic rings. The van der Waals surface area contributed by atoms with Crippen LogP contribution in [0.4, 0.5) is 4.79 Å². The molecule has 0 saturated heterocycles. The summed E-state index contributed by atoms with van der Waals surface area (Å²) in [4.78, 5) is 25.5. The fraction of sp³-hybridized carbons (Fsp3) is 0.250. The summed E-state index contributed by atoms with van der Waals surface area (Å²) in [5.41, 5.74) is 2.97. The molecule has 240 valence electrons. The lowest BCUT2D eigenvalue weighted by atomic mass is 10.0. The summed E-state index contributed by atoms with van der Waals surface area (Å²) in [6.45, 7) is 5.51. The van der Waals surface area contributed by atoms with Crippen molar-refractivity contribution in [3.8, 4) is 28.8 Å². The van der Waals surface area contributed by atoms with Crippen molar-refractivity contribution in [2.75, 3.05) is 7.11 Å². The number of carbonyl (C=O) groups excluding carboxylic acids is 2. The minimum Gasteiger partial charge on any atom is -0.489 e. The van der Waals surface area contributed by atoms with Crippen LogP contribution in [-0.2, 0) is 16.1 Å². The van der Waals surface area contributed by atoms with Crippen molar-refractivity contribution in [1.82, 2.24) is 9.72 Å². The number of ether oxygens (including phenoxy) is 3. The van der Waals surface area contributed by atoms with Crippen molar-refractivity contribution in [3.63, 3.8) is 0 Å². The molecule has 0 radical (unpaired) electrons. The van der Waals surface area contributed by atoms with Crippen LogP contribution in [0.3, 0.4) is 0 Å². The van der Waals surface area contributed by atoms with E-state index in [4.69, 9.17) is 53.5 Å². The van der Waals surface area contributed by atoms with E-state index in [2.05, 4.69) is 17.0 Å². The maximum Gasteiger partial charge on any atom is 0.418 e. The number of fused-ring (bicyclic) bond motifs is 1. The molecule has 1 aliphatic carbocycles. The van der Waals surface area contributed by atoms with E-state index in [9.17, 15) is 9.59 Å². The topological polar surface area (TPSA) is 92.8 Å². The number of carbonyl (C=O) groups is 2. The Balaban J connectivity index is 1.27. The predicted octanol–water partition coefficient (Wildman–Crippen LogP) is 9.68. The van der Waals surface area contributed by atoms with Gasteiger partial charge < -0.3 is 18.7 Å². The predicted molar refractivity (Wildman–Crippen MR) is 181 cm³/mol. The van der Waals surface area contributed by atoms with Gasteiger partial charge in [-0.3, -0.25) is 4.57 Å². The summed E-state index contributed by atoms with van der Waals surface area (Å²) in [6.07, 6.45) is 3.00. The van der Waals surface area contributed by atoms with Gasteiger partial charge in [-0.2, -0.15) is 0 Å². The van der Waals surface area contributed by atoms with Crippen LogP contribution in [0.2, 0.25) is 15.1 Å². The van der Waals surface area contributed by atoms with Gasteiger partial charge in [0.2, 0.25) is 0 Å². The second-order valence-corrected chi connectivity index (χ2v) is 13.3. The molecule has 3 aromatic carbocycles. The third kappa shape index (κ3) is 6.98. The highest BCUT2D eigenvalue weighted by molar-refractivity contribution is 6.39. The molecule has 8 nitrogen and oxygen atoms in total. The highest BCUT2D eigenvalue weighted by atomic mass is 35.5. The SMILES string of the molecule is COC(=O)c1cc(C#Cc2ccc(OCc3c(-c4c(Cl)cccc4Cl)noc3C3CC3)cc2Cl)cc2c1ccn2C(=O)OC(C)(C)C. The van der Waals surface area contributed by atoms with Crippen molar-refractivity contribution >= 4 is 57.8 Å². The average Bonchev–Trinajstić information content (AvgIpc) is 3.64. The van der Waals surface area contributed by atoms with E-state index < -0.39 is 17.7 Å². The molecule has 2 heterocycles. The normalized spacial score (nSPS) is 12.8. The van der Waals surface area contributed by atoms with Gasteiger partial charge in [0.25, 0.3) is 0 Å². The first kappa shape index (κ1) is 32.5. The van der Waals surface area contributed by atoms with Crippen LogP contribution in [0.25, 0.3) is 22.2 Å². The molecule has 6 rings (SSSR count). The molecule has 1 fully saturated rings. The van der Waals surface area contributed by atoms with Gasteiger partial charge in [0.15, 0.2) is 0 Å². The van der Waals surface area contributed by atoms with Crippen LogP contribution in [0, 0.1) is 11.8 Å². The maximum atomic E-state index is 12.9. The van der Waals surface area contributed by atoms with Crippen LogP contribution in [0.5, 0.6) is 5.75 Å². The number of halogens is 3. The van der Waals surface area contributed by atoms with Gasteiger partial charge in [-0.25, -0.2) is 9.59 Å². The summed E-state index contributed by atoms with van der Waals surface area (Å²) in [6, 6.07) is 15.5. The molecule has 0 atom stereocenters. The average molecular weight is 692 g/mol. The molecule has 0 unspecified atom stereocenters. The molecule has 1 saturated carbocycles. The van der Waals surface area contributed by atoms with E-state index in [0.717, 1.165) is 24.2 Å². The number of esters is 1. The van der Waals surface area contributed by atoms with Gasteiger partial charge in [-0.1, -0.05) is 57.9 Å². The van der Waals surface area contributed by atoms with Gasteiger partial charge in [-0.05, 0) is 76.1 Å². The first-order chi connectivity index (χ1) is 22.4. The maximum absolute atomic E-state index is 12.9. The van der Waals surface area contributed by atoms with Gasteiger partial charge in [0.1, 0.15) is 29.4 Å². The van der Waals surface area contributed by atoms with Crippen LogP contribution < -0.4 is 4.74 Å². The Morgan fingerprint density at radius 2 is 1.74 bits per heavy atom. The number of rotatable bonds is 6. The van der Waals surface area contributed by atoms with Crippen molar-refractivity contribution < 1.29 is 28.3 Å². The highest BCUT2D eigenvalue weighted by Crippen LogP contribution is 2.46. The van der Waals surface area contributed by atoms with Crippen molar-refractivity contribution in [3.05, 3.63) is 104 Å². The fourth-order valence-corrected chi connectivity index (χ4v) is 5.89. The Bertz CT molecular complexity index is 2070. The first-order valence-corrected chi connectivity index (χ1v) is 15.9. The lowest BCUT2D eigenvalue weighted by Gasteiger charge is -2.19. The van der Waals surface area contributed by atoms with Crippen LogP contribution in [0.15, 0.2) is 65.3 Å². The molecule has 0 amide bonds. The smallest absolute Gasteiger partial charge is 0.418 e. The monoisotopic (exact) mass is 690 g/mol. The van der Waals surface area contributed by atoms with Gasteiger partial charge in [0, 0.05) is 40.3 Å². The van der Waals surface area contributed by atoms with Crippen LogP contribution in [-0.4, -0.2) is 34.5 Å². The first-order valence-electron chi connectivity index (χ1n) is 14.8. The van der Waals surface area contributed by atoms with Crippen molar-refractivity contribution in [1.29, 1.82) is 0 Å². The number of aromatic nitrogens is 2. The molecule has 47 heavy (non-hydrogen) atoms. The second kappa shape index (κ2) is 13.0. The van der Waals surface area contributed by atoms with E-state index in [0.29, 0.717) is 54.1 Å². The molecule has 0 bridgehead atoms. The standard InChI is InChI=1S/C36H29Cl3N2O6/c1-36(2,3)46-35(43)41-15-14-24-25(34(42)44-4)16-20(17-30(24)41)8-9-21-12-13-23(18-29(21)39)45-19-26-32(40-47-33(26)22-10-11-22)31-27(37)6-5-7-28(31)38/h5-7,12-18,22H,10-11,19H2,1-4H3. The third-order valence-corrected chi connectivity index (χ3v) is 8.38. The molecule has 2 aromatic heterocycles. The molecule has 1 aliphatic rings. The lowest BCUT2D eigenvalue weighted by molar-refractivity contribution is 0.0542. The summed E-state index contributed by atoms with van der Waals surface area (Å²) < 4.78 is 23.8. The number of nitrogens with zero attached hydrogens (tertiary/aromatic N) is 2. The number of hydrogen-bond acceptors (Lipinski definition) is 7. The van der Waals surface area contributed by atoms with Gasteiger partial charge in [0.05, 0.1) is 38.8 Å². The Labute approximate surface area is 286 Å². The number of benzene rings is 3. The second-order valence-electron chi connectivity index (χ2n) is 12.0. The third-order valence-electron chi connectivity index (χ3n) is 7.43. The van der Waals surface area contributed by atoms with E-state index >= 15 is 0 Å². The van der Waals surface area contributed by atoms with Gasteiger partial charge in [-0.15, -0.1) is 0 Å². The highest BCUT2D eigenvalue weighted by Gasteiger charge is 2.33. The summed E-state index contributed by atoms with van der Waals surface area (Å²) in [5, 5.41) is 6.15. The van der Waals surface area contributed by atoms with E-state index in [1.54, 1.807) is 81.6 Å². The summed E-state index contributed by atoms with van der Waals surface area (Å²) in [7, 11) is 1.30. The zero-order valence-electron chi connectivity index (χ0n) is 25.9. The minimum absolute atomic E-state index is 0.168. The molecular weight excluding hydrogens is 663 g/mol. The molecule has 0 N–H and O–H groups in total. The van der Waals surface area contributed by atoms with Crippen LogP contribution in [0.1, 0.15) is 72.3 Å². The molecule has 0 spiro atoms. The van der Waals surface area contributed by atoms with Gasteiger partial charge >= 0.3 is 12.1 Å². The summed E-state index contributed by atoms with van der Waals surface area (Å²) in [5.74, 6) is 7.13. The van der Waals surface area contributed by atoms with Crippen molar-refractivity contribution in [2.45, 2.75) is 51.7 Å². The quantitative estimate of drug-likeness (QED) is 0.129. The summed E-state index contributed by atoms with van der Waals surface area (Å²) >= 11 is 19.6. The minimum atomic E-state index is -0.705. The van der Waals surface area contributed by atoms with E-state index in [1.165, 1.54) is 11.7 Å². The molecular formula is C36H29Cl3N2O6. The Morgan fingerprint density at radius 1 is 1.00 bits per heavy atom.